The van der Waals surface area contributed by atoms with Gasteiger partial charge in [0.15, 0.2) is 0 Å². The predicted octanol–water partition coefficient (Wildman–Crippen LogP) is 2.17. The molecule has 0 saturated carbocycles. The van der Waals surface area contributed by atoms with Gasteiger partial charge in [0.2, 0.25) is 0 Å². The number of aromatic nitrogens is 4. The second-order valence-electron chi connectivity index (χ2n) is 6.80. The van der Waals surface area contributed by atoms with Crippen molar-refractivity contribution in [3.8, 4) is 11.5 Å². The molecule has 1 saturated heterocycles. The summed E-state index contributed by atoms with van der Waals surface area (Å²) in [6, 6.07) is 8.41. The fourth-order valence-electron chi connectivity index (χ4n) is 3.62. The average Bonchev–Trinajstić information content (AvgIpc) is 3.35. The molecule has 3 heterocycles. The maximum Gasteiger partial charge on any atom is 0.254 e. The SMILES string of the molecule is COc1cc(OC)cc(N2CCC(N(C)c3cc(C)nc4ncnn34)C2)c1. The summed E-state index contributed by atoms with van der Waals surface area (Å²) in [5.41, 5.74) is 2.05. The second-order valence-corrected chi connectivity index (χ2v) is 6.80. The van der Waals surface area contributed by atoms with Crippen LogP contribution in [0.5, 0.6) is 11.5 Å². The molecule has 3 aromatic rings. The van der Waals surface area contributed by atoms with Crippen LogP contribution in [0.2, 0.25) is 0 Å². The fraction of sp³-hybridized carbons (Fsp3) is 0.421. The molecule has 142 valence electrons. The van der Waals surface area contributed by atoms with E-state index in [2.05, 4.69) is 50.1 Å². The highest BCUT2D eigenvalue weighted by atomic mass is 16.5. The molecule has 27 heavy (non-hydrogen) atoms. The molecule has 0 spiro atoms. The number of anilines is 2. The summed E-state index contributed by atoms with van der Waals surface area (Å²) < 4.78 is 12.6. The average molecular weight is 368 g/mol. The molecule has 0 aliphatic carbocycles. The largest absolute Gasteiger partial charge is 0.497 e. The van der Waals surface area contributed by atoms with Gasteiger partial charge in [-0.2, -0.15) is 14.6 Å². The quantitative estimate of drug-likeness (QED) is 0.684. The Morgan fingerprint density at radius 1 is 1.11 bits per heavy atom. The molecule has 8 heteroatoms. The first-order valence-corrected chi connectivity index (χ1v) is 8.97. The molecule has 0 radical (unpaired) electrons. The van der Waals surface area contributed by atoms with Crippen LogP contribution >= 0.6 is 0 Å². The van der Waals surface area contributed by atoms with Crippen LogP contribution in [0.15, 0.2) is 30.6 Å². The molecule has 1 atom stereocenters. The first-order valence-electron chi connectivity index (χ1n) is 8.97. The topological polar surface area (TPSA) is 68.0 Å². The zero-order valence-electron chi connectivity index (χ0n) is 16.1. The summed E-state index contributed by atoms with van der Waals surface area (Å²) >= 11 is 0. The van der Waals surface area contributed by atoms with Gasteiger partial charge in [-0.05, 0) is 13.3 Å². The van der Waals surface area contributed by atoms with Crippen molar-refractivity contribution >= 4 is 17.3 Å². The molecule has 1 aliphatic rings. The van der Waals surface area contributed by atoms with E-state index in [1.807, 2.05) is 13.0 Å². The van der Waals surface area contributed by atoms with E-state index in [1.165, 1.54) is 0 Å². The zero-order valence-corrected chi connectivity index (χ0v) is 16.1. The molecule has 4 rings (SSSR count). The number of aryl methyl sites for hydroxylation is 1. The third-order valence-electron chi connectivity index (χ3n) is 5.13. The Morgan fingerprint density at radius 3 is 2.56 bits per heavy atom. The number of likely N-dealkylation sites (N-methyl/N-ethyl adjacent to an activating group) is 1. The smallest absolute Gasteiger partial charge is 0.254 e. The Labute approximate surface area is 158 Å². The lowest BCUT2D eigenvalue weighted by Gasteiger charge is -2.27. The van der Waals surface area contributed by atoms with Crippen molar-refractivity contribution in [1.82, 2.24) is 19.6 Å². The molecule has 1 unspecified atom stereocenters. The normalized spacial score (nSPS) is 16.7. The standard InChI is InChI=1S/C19H24N6O2/c1-13-7-18(25-19(22-13)20-12-21-25)23(2)14-5-6-24(11-14)15-8-16(26-3)10-17(9-15)27-4/h7-10,12,14H,5-6,11H2,1-4H3. The zero-order chi connectivity index (χ0) is 19.0. The van der Waals surface area contributed by atoms with Crippen LogP contribution in [0.1, 0.15) is 12.1 Å². The molecule has 1 fully saturated rings. The van der Waals surface area contributed by atoms with Gasteiger partial charge in [0.05, 0.1) is 14.2 Å². The highest BCUT2D eigenvalue weighted by Gasteiger charge is 2.28. The second kappa shape index (κ2) is 6.94. The van der Waals surface area contributed by atoms with E-state index in [4.69, 9.17) is 9.47 Å². The van der Waals surface area contributed by atoms with Crippen molar-refractivity contribution in [2.75, 3.05) is 44.2 Å². The minimum Gasteiger partial charge on any atom is -0.497 e. The molecular formula is C19H24N6O2. The molecular weight excluding hydrogens is 344 g/mol. The van der Waals surface area contributed by atoms with Crippen molar-refractivity contribution in [3.05, 3.63) is 36.3 Å². The predicted molar refractivity (Wildman–Crippen MR) is 104 cm³/mol. The van der Waals surface area contributed by atoms with Gasteiger partial charge in [-0.1, -0.05) is 0 Å². The number of benzene rings is 1. The van der Waals surface area contributed by atoms with E-state index in [1.54, 1.807) is 25.1 Å². The molecule has 2 aromatic heterocycles. The number of methoxy groups -OCH3 is 2. The first-order chi connectivity index (χ1) is 13.1. The third-order valence-corrected chi connectivity index (χ3v) is 5.13. The maximum atomic E-state index is 5.41. The summed E-state index contributed by atoms with van der Waals surface area (Å²) in [6.45, 7) is 3.86. The first kappa shape index (κ1) is 17.4. The van der Waals surface area contributed by atoms with Crippen LogP contribution < -0.4 is 19.3 Å². The molecule has 1 aromatic carbocycles. The molecule has 0 bridgehead atoms. The highest BCUT2D eigenvalue weighted by Crippen LogP contribution is 2.32. The van der Waals surface area contributed by atoms with Crippen LogP contribution in [0, 0.1) is 6.92 Å². The third kappa shape index (κ3) is 3.22. The van der Waals surface area contributed by atoms with Crippen molar-refractivity contribution in [3.63, 3.8) is 0 Å². The van der Waals surface area contributed by atoms with E-state index < -0.39 is 0 Å². The number of rotatable bonds is 5. The van der Waals surface area contributed by atoms with E-state index in [0.29, 0.717) is 11.8 Å². The van der Waals surface area contributed by atoms with E-state index in [-0.39, 0.29) is 0 Å². The van der Waals surface area contributed by atoms with Crippen molar-refractivity contribution < 1.29 is 9.47 Å². The summed E-state index contributed by atoms with van der Waals surface area (Å²) in [4.78, 5) is 13.3. The minimum absolute atomic E-state index is 0.358. The van der Waals surface area contributed by atoms with Gasteiger partial charge < -0.3 is 19.3 Å². The van der Waals surface area contributed by atoms with Crippen molar-refractivity contribution in [2.45, 2.75) is 19.4 Å². The van der Waals surface area contributed by atoms with Crippen LogP contribution in [0.25, 0.3) is 5.78 Å². The highest BCUT2D eigenvalue weighted by molar-refractivity contribution is 5.57. The van der Waals surface area contributed by atoms with Gasteiger partial charge in [0.1, 0.15) is 23.6 Å². The van der Waals surface area contributed by atoms with Gasteiger partial charge in [-0.3, -0.25) is 0 Å². The Hall–Kier alpha value is -3.03. The summed E-state index contributed by atoms with van der Waals surface area (Å²) in [7, 11) is 5.46. The summed E-state index contributed by atoms with van der Waals surface area (Å²) in [6.07, 6.45) is 2.59. The lowest BCUT2D eigenvalue weighted by molar-refractivity contribution is 0.394. The summed E-state index contributed by atoms with van der Waals surface area (Å²) in [5.74, 6) is 3.24. The Kier molecular flexibility index (Phi) is 4.47. The van der Waals surface area contributed by atoms with Gasteiger partial charge in [-0.25, -0.2) is 4.98 Å². The Balaban J connectivity index is 1.58. The van der Waals surface area contributed by atoms with Crippen LogP contribution in [-0.2, 0) is 0 Å². The lowest BCUT2D eigenvalue weighted by atomic mass is 10.2. The van der Waals surface area contributed by atoms with Crippen molar-refractivity contribution in [2.24, 2.45) is 0 Å². The Bertz CT molecular complexity index is 934. The van der Waals surface area contributed by atoms with Crippen LogP contribution in [-0.4, -0.2) is 60.0 Å². The van der Waals surface area contributed by atoms with Gasteiger partial charge in [0.25, 0.3) is 5.78 Å². The fourth-order valence-corrected chi connectivity index (χ4v) is 3.62. The van der Waals surface area contributed by atoms with Gasteiger partial charge in [-0.15, -0.1) is 0 Å². The lowest BCUT2D eigenvalue weighted by Crippen LogP contribution is -2.36. The number of ether oxygens (including phenoxy) is 2. The monoisotopic (exact) mass is 368 g/mol. The Morgan fingerprint density at radius 2 is 1.85 bits per heavy atom. The van der Waals surface area contributed by atoms with Crippen LogP contribution in [0.4, 0.5) is 11.5 Å². The minimum atomic E-state index is 0.358. The van der Waals surface area contributed by atoms with E-state index >= 15 is 0 Å². The molecule has 1 aliphatic heterocycles. The van der Waals surface area contributed by atoms with Gasteiger partial charge >= 0.3 is 0 Å². The van der Waals surface area contributed by atoms with Gasteiger partial charge in [0, 0.05) is 61.8 Å². The summed E-state index contributed by atoms with van der Waals surface area (Å²) in [5, 5.41) is 4.33. The van der Waals surface area contributed by atoms with E-state index in [9.17, 15) is 0 Å². The number of hydrogen-bond acceptors (Lipinski definition) is 7. The maximum absolute atomic E-state index is 5.41. The number of hydrogen-bond donors (Lipinski definition) is 0. The van der Waals surface area contributed by atoms with Crippen molar-refractivity contribution in [1.29, 1.82) is 0 Å². The molecule has 8 nitrogen and oxygen atoms in total. The molecule has 0 N–H and O–H groups in total. The van der Waals surface area contributed by atoms with Crippen LogP contribution in [0.3, 0.4) is 0 Å². The number of nitrogens with zero attached hydrogens (tertiary/aromatic N) is 6. The van der Waals surface area contributed by atoms with E-state index in [0.717, 1.165) is 48.2 Å². The molecule has 0 amide bonds. The number of fused-ring (bicyclic) bond motifs is 1.